The van der Waals surface area contributed by atoms with Crippen molar-refractivity contribution in [3.8, 4) is 17.3 Å². The Kier molecular flexibility index (Phi) is 4.73. The zero-order valence-corrected chi connectivity index (χ0v) is 15.3. The van der Waals surface area contributed by atoms with Crippen molar-refractivity contribution in [2.45, 2.75) is 13.0 Å². The summed E-state index contributed by atoms with van der Waals surface area (Å²) in [5.41, 5.74) is 3.56. The molecule has 28 heavy (non-hydrogen) atoms. The zero-order chi connectivity index (χ0) is 19.7. The Balaban J connectivity index is 1.57. The van der Waals surface area contributed by atoms with E-state index in [1.54, 1.807) is 12.4 Å². The van der Waals surface area contributed by atoms with Crippen molar-refractivity contribution < 1.29 is 13.5 Å². The topological polar surface area (TPSA) is 51.1 Å². The molecule has 1 aromatic carbocycles. The maximum absolute atomic E-state index is 14.0. The molecule has 142 valence electrons. The normalized spacial score (nSPS) is 13.2. The first-order valence-electron chi connectivity index (χ1n) is 8.80. The first-order valence-corrected chi connectivity index (χ1v) is 8.80. The molecule has 5 nitrogen and oxygen atoms in total. The third-order valence-corrected chi connectivity index (χ3v) is 4.75. The maximum Gasteiger partial charge on any atom is 0.190 e. The van der Waals surface area contributed by atoms with Gasteiger partial charge in [-0.2, -0.15) is 0 Å². The van der Waals surface area contributed by atoms with Gasteiger partial charge in [0.2, 0.25) is 0 Å². The lowest BCUT2D eigenvalue weighted by molar-refractivity contribution is 0.356. The van der Waals surface area contributed by atoms with Crippen molar-refractivity contribution in [3.63, 3.8) is 0 Å². The van der Waals surface area contributed by atoms with Crippen LogP contribution in [0.4, 0.5) is 8.78 Å². The molecule has 7 heteroatoms. The summed E-state index contributed by atoms with van der Waals surface area (Å²) in [6.07, 6.45) is 4.16. The Morgan fingerprint density at radius 3 is 2.64 bits per heavy atom. The number of hydrogen-bond donors (Lipinski definition) is 0. The third-order valence-electron chi connectivity index (χ3n) is 4.75. The molecule has 1 aliphatic heterocycles. The summed E-state index contributed by atoms with van der Waals surface area (Å²) >= 11 is 0. The summed E-state index contributed by atoms with van der Waals surface area (Å²) in [4.78, 5) is 15.3. The van der Waals surface area contributed by atoms with E-state index >= 15 is 0 Å². The Hall–Kier alpha value is -3.35. The van der Waals surface area contributed by atoms with Crippen molar-refractivity contribution in [1.82, 2.24) is 19.9 Å². The Morgan fingerprint density at radius 1 is 1.18 bits per heavy atom. The lowest BCUT2D eigenvalue weighted by atomic mass is 10.0. The van der Waals surface area contributed by atoms with Gasteiger partial charge < -0.3 is 9.64 Å². The van der Waals surface area contributed by atoms with Crippen LogP contribution < -0.4 is 4.74 Å². The van der Waals surface area contributed by atoms with Crippen LogP contribution in [0, 0.1) is 11.6 Å². The molecule has 3 aromatic rings. The summed E-state index contributed by atoms with van der Waals surface area (Å²) in [6, 6.07) is 8.08. The number of benzene rings is 1. The van der Waals surface area contributed by atoms with Gasteiger partial charge >= 0.3 is 0 Å². The highest BCUT2D eigenvalue weighted by molar-refractivity contribution is 5.63. The van der Waals surface area contributed by atoms with E-state index in [-0.39, 0.29) is 0 Å². The largest absolute Gasteiger partial charge is 0.491 e. The van der Waals surface area contributed by atoms with Crippen molar-refractivity contribution in [2.75, 3.05) is 13.7 Å². The zero-order valence-electron chi connectivity index (χ0n) is 15.3. The molecular formula is C21H18F2N4O. The molecule has 0 radical (unpaired) electrons. The van der Waals surface area contributed by atoms with E-state index in [9.17, 15) is 8.78 Å². The summed E-state index contributed by atoms with van der Waals surface area (Å²) in [7, 11) is 1.23. The van der Waals surface area contributed by atoms with Crippen LogP contribution in [0.15, 0.2) is 49.3 Å². The standard InChI is InChI=1S/C21H18F2N4O/c1-13(14-9-16(22)20(28-2)17(23)10-14)27-8-6-18-15(12-27)11-25-21(26-18)19-5-3-4-7-24-19/h3-5,7,9-11H,1,6,8,12H2,2H3. The van der Waals surface area contributed by atoms with Gasteiger partial charge in [0.25, 0.3) is 0 Å². The first-order chi connectivity index (χ1) is 13.6. The molecule has 0 N–H and O–H groups in total. The lowest BCUT2D eigenvalue weighted by Crippen LogP contribution is -2.30. The minimum atomic E-state index is -0.751. The van der Waals surface area contributed by atoms with E-state index in [4.69, 9.17) is 4.74 Å². The number of hydrogen-bond acceptors (Lipinski definition) is 5. The number of fused-ring (bicyclic) bond motifs is 1. The van der Waals surface area contributed by atoms with E-state index in [1.165, 1.54) is 19.2 Å². The number of pyridine rings is 1. The molecule has 0 bridgehead atoms. The smallest absolute Gasteiger partial charge is 0.190 e. The van der Waals surface area contributed by atoms with Gasteiger partial charge in [0.15, 0.2) is 23.2 Å². The van der Waals surface area contributed by atoms with Gasteiger partial charge in [0, 0.05) is 48.7 Å². The fraction of sp³-hybridized carbons (Fsp3) is 0.190. The van der Waals surface area contributed by atoms with Crippen LogP contribution in [0.5, 0.6) is 5.75 Å². The summed E-state index contributed by atoms with van der Waals surface area (Å²) in [6.45, 7) is 5.18. The second-order valence-electron chi connectivity index (χ2n) is 6.47. The molecule has 4 rings (SSSR count). The van der Waals surface area contributed by atoms with E-state index in [0.29, 0.717) is 36.6 Å². The molecule has 0 fully saturated rings. The number of nitrogens with zero attached hydrogens (tertiary/aromatic N) is 4. The average molecular weight is 380 g/mol. The average Bonchev–Trinajstić information content (AvgIpc) is 2.73. The summed E-state index contributed by atoms with van der Waals surface area (Å²) in [5, 5.41) is 0. The summed E-state index contributed by atoms with van der Waals surface area (Å²) in [5.74, 6) is -1.30. The Morgan fingerprint density at radius 2 is 1.96 bits per heavy atom. The van der Waals surface area contributed by atoms with Gasteiger partial charge in [-0.15, -0.1) is 0 Å². The van der Waals surface area contributed by atoms with E-state index < -0.39 is 17.4 Å². The van der Waals surface area contributed by atoms with Gasteiger partial charge in [-0.25, -0.2) is 18.7 Å². The SMILES string of the molecule is C=C(c1cc(F)c(OC)c(F)c1)N1CCc2nc(-c3ccccn3)ncc2C1. The molecular weight excluding hydrogens is 362 g/mol. The molecule has 0 saturated carbocycles. The monoisotopic (exact) mass is 380 g/mol. The second kappa shape index (κ2) is 7.34. The second-order valence-corrected chi connectivity index (χ2v) is 6.47. The highest BCUT2D eigenvalue weighted by Crippen LogP contribution is 2.30. The van der Waals surface area contributed by atoms with Crippen LogP contribution in [0.25, 0.3) is 17.2 Å². The third kappa shape index (κ3) is 3.31. The van der Waals surface area contributed by atoms with Crippen LogP contribution in [-0.2, 0) is 13.0 Å². The number of methoxy groups -OCH3 is 1. The molecule has 0 unspecified atom stereocenters. The molecule has 0 spiro atoms. The van der Waals surface area contributed by atoms with Crippen molar-refractivity contribution in [3.05, 3.63) is 77.8 Å². The van der Waals surface area contributed by atoms with Crippen LogP contribution in [-0.4, -0.2) is 33.5 Å². The van der Waals surface area contributed by atoms with Crippen molar-refractivity contribution >= 4 is 5.70 Å². The highest BCUT2D eigenvalue weighted by Gasteiger charge is 2.22. The fourth-order valence-corrected chi connectivity index (χ4v) is 3.27. The predicted molar refractivity (Wildman–Crippen MR) is 101 cm³/mol. The van der Waals surface area contributed by atoms with Crippen LogP contribution in [0.2, 0.25) is 0 Å². The van der Waals surface area contributed by atoms with Gasteiger partial charge in [0.05, 0.1) is 12.8 Å². The Labute approximate surface area is 161 Å². The van der Waals surface area contributed by atoms with Gasteiger partial charge in [-0.05, 0) is 24.3 Å². The quantitative estimate of drug-likeness (QED) is 0.688. The highest BCUT2D eigenvalue weighted by atomic mass is 19.1. The molecule has 0 atom stereocenters. The van der Waals surface area contributed by atoms with Gasteiger partial charge in [0.1, 0.15) is 5.69 Å². The van der Waals surface area contributed by atoms with E-state index in [2.05, 4.69) is 21.5 Å². The molecule has 0 amide bonds. The summed E-state index contributed by atoms with van der Waals surface area (Å²) < 4.78 is 32.8. The molecule has 0 aliphatic carbocycles. The number of rotatable bonds is 4. The van der Waals surface area contributed by atoms with Gasteiger partial charge in [-0.3, -0.25) is 4.98 Å². The fourth-order valence-electron chi connectivity index (χ4n) is 3.27. The molecule has 3 heterocycles. The predicted octanol–water partition coefficient (Wildman–Crippen LogP) is 3.85. The van der Waals surface area contributed by atoms with E-state index in [0.717, 1.165) is 17.0 Å². The maximum atomic E-state index is 14.0. The van der Waals surface area contributed by atoms with Gasteiger partial charge in [-0.1, -0.05) is 12.6 Å². The number of halogens is 2. The molecule has 0 saturated heterocycles. The minimum Gasteiger partial charge on any atom is -0.491 e. The van der Waals surface area contributed by atoms with Crippen molar-refractivity contribution in [1.29, 1.82) is 0 Å². The Bertz CT molecular complexity index is 1020. The number of aromatic nitrogens is 3. The first kappa shape index (κ1) is 18.0. The van der Waals surface area contributed by atoms with Crippen LogP contribution in [0.3, 0.4) is 0 Å². The van der Waals surface area contributed by atoms with Crippen LogP contribution >= 0.6 is 0 Å². The van der Waals surface area contributed by atoms with E-state index in [1.807, 2.05) is 23.1 Å². The number of ether oxygens (including phenoxy) is 1. The minimum absolute atomic E-state index is 0.380. The molecule has 2 aromatic heterocycles. The molecule has 1 aliphatic rings. The van der Waals surface area contributed by atoms with Crippen LogP contribution in [0.1, 0.15) is 16.8 Å². The lowest BCUT2D eigenvalue weighted by Gasteiger charge is -2.31. The van der Waals surface area contributed by atoms with Crippen molar-refractivity contribution in [2.24, 2.45) is 0 Å².